The van der Waals surface area contributed by atoms with Gasteiger partial charge in [0, 0.05) is 36.9 Å². The third kappa shape index (κ3) is 3.74. The summed E-state index contributed by atoms with van der Waals surface area (Å²) in [5.74, 6) is 0.708. The molecule has 0 saturated carbocycles. The van der Waals surface area contributed by atoms with Crippen LogP contribution in [0, 0.1) is 12.8 Å². The summed E-state index contributed by atoms with van der Waals surface area (Å²) in [5, 5.41) is 4.60. The number of hydrogen-bond acceptors (Lipinski definition) is 3. The van der Waals surface area contributed by atoms with Crippen LogP contribution in [0.25, 0.3) is 0 Å². The van der Waals surface area contributed by atoms with E-state index in [1.165, 1.54) is 24.9 Å². The zero-order valence-corrected chi connectivity index (χ0v) is 14.0. The Kier molecular flexibility index (Phi) is 6.49. The van der Waals surface area contributed by atoms with Crippen molar-refractivity contribution in [3.05, 3.63) is 17.5 Å². The lowest BCUT2D eigenvalue weighted by Gasteiger charge is -2.39. The fourth-order valence-corrected chi connectivity index (χ4v) is 3.07. The van der Waals surface area contributed by atoms with Crippen LogP contribution < -0.4 is 5.73 Å². The molecule has 0 aromatic carbocycles. The number of likely N-dealkylation sites (tertiary alicyclic amines) is 1. The lowest BCUT2D eigenvalue weighted by atomic mass is 9.90. The van der Waals surface area contributed by atoms with Gasteiger partial charge in [-0.2, -0.15) is 5.10 Å². The number of aryl methyl sites for hydroxylation is 1. The fourth-order valence-electron chi connectivity index (χ4n) is 3.07. The maximum absolute atomic E-state index is 5.97. The minimum atomic E-state index is 0. The summed E-state index contributed by atoms with van der Waals surface area (Å²) in [6, 6.07) is 0.952. The summed E-state index contributed by atoms with van der Waals surface area (Å²) in [6.45, 7) is 11.7. The van der Waals surface area contributed by atoms with Gasteiger partial charge in [-0.1, -0.05) is 6.92 Å². The molecular weight excluding hydrogens is 272 g/mol. The zero-order chi connectivity index (χ0) is 14.0. The third-order valence-corrected chi connectivity index (χ3v) is 4.39. The standard InChI is InChI=1S/C15H28N4.ClH/c1-11(2)19-10-14(13(4)17-19)9-18-7-5-6-12(3)15(18)8-16;/h10-12,15H,5-9,16H2,1-4H3;1H. The van der Waals surface area contributed by atoms with Gasteiger partial charge in [-0.05, 0) is 46.1 Å². The van der Waals surface area contributed by atoms with E-state index in [9.17, 15) is 0 Å². The second-order valence-corrected chi connectivity index (χ2v) is 6.21. The average Bonchev–Trinajstić information content (AvgIpc) is 2.72. The SMILES string of the molecule is Cc1nn(C(C)C)cc1CN1CCCC(C)C1CN.Cl. The highest BCUT2D eigenvalue weighted by Crippen LogP contribution is 2.25. The number of nitrogens with zero attached hydrogens (tertiary/aromatic N) is 3. The lowest BCUT2D eigenvalue weighted by molar-refractivity contribution is 0.0988. The Balaban J connectivity index is 0.00000200. The van der Waals surface area contributed by atoms with Crippen molar-refractivity contribution in [2.75, 3.05) is 13.1 Å². The van der Waals surface area contributed by atoms with Crippen molar-refractivity contribution < 1.29 is 0 Å². The van der Waals surface area contributed by atoms with Crippen LogP contribution in [0.15, 0.2) is 6.20 Å². The minimum absolute atomic E-state index is 0. The molecule has 2 unspecified atom stereocenters. The summed E-state index contributed by atoms with van der Waals surface area (Å²) in [6.07, 6.45) is 4.80. The number of nitrogens with two attached hydrogens (primary N) is 1. The minimum Gasteiger partial charge on any atom is -0.329 e. The van der Waals surface area contributed by atoms with Crippen molar-refractivity contribution in [1.82, 2.24) is 14.7 Å². The van der Waals surface area contributed by atoms with Gasteiger partial charge in [0.15, 0.2) is 0 Å². The Morgan fingerprint density at radius 2 is 2.15 bits per heavy atom. The molecule has 1 fully saturated rings. The van der Waals surface area contributed by atoms with Crippen molar-refractivity contribution in [3.63, 3.8) is 0 Å². The second kappa shape index (κ2) is 7.43. The Hall–Kier alpha value is -0.580. The zero-order valence-electron chi connectivity index (χ0n) is 13.2. The number of halogens is 1. The summed E-state index contributed by atoms with van der Waals surface area (Å²) in [5.41, 5.74) is 8.47. The highest BCUT2D eigenvalue weighted by Gasteiger charge is 2.27. The summed E-state index contributed by atoms with van der Waals surface area (Å²) < 4.78 is 2.06. The van der Waals surface area contributed by atoms with Crippen LogP contribution in [0.4, 0.5) is 0 Å². The van der Waals surface area contributed by atoms with Crippen molar-refractivity contribution in [2.45, 2.75) is 59.2 Å². The highest BCUT2D eigenvalue weighted by atomic mass is 35.5. The van der Waals surface area contributed by atoms with Crippen LogP contribution in [0.2, 0.25) is 0 Å². The van der Waals surface area contributed by atoms with E-state index in [2.05, 4.69) is 48.6 Å². The van der Waals surface area contributed by atoms with Gasteiger partial charge < -0.3 is 5.73 Å². The molecule has 20 heavy (non-hydrogen) atoms. The molecule has 0 spiro atoms. The molecule has 4 nitrogen and oxygen atoms in total. The van der Waals surface area contributed by atoms with Crippen molar-refractivity contribution >= 4 is 12.4 Å². The van der Waals surface area contributed by atoms with Gasteiger partial charge in [0.1, 0.15) is 0 Å². The summed E-state index contributed by atoms with van der Waals surface area (Å²) in [4.78, 5) is 2.54. The van der Waals surface area contributed by atoms with Gasteiger partial charge >= 0.3 is 0 Å². The van der Waals surface area contributed by atoms with Gasteiger partial charge in [0.05, 0.1) is 5.69 Å². The molecule has 0 radical (unpaired) electrons. The second-order valence-electron chi connectivity index (χ2n) is 6.21. The topological polar surface area (TPSA) is 47.1 Å². The molecule has 1 aromatic heterocycles. The molecule has 1 saturated heterocycles. The number of aromatic nitrogens is 2. The molecule has 2 rings (SSSR count). The molecule has 2 N–H and O–H groups in total. The molecule has 1 aliphatic rings. The fraction of sp³-hybridized carbons (Fsp3) is 0.800. The summed E-state index contributed by atoms with van der Waals surface area (Å²) >= 11 is 0. The van der Waals surface area contributed by atoms with E-state index in [4.69, 9.17) is 5.73 Å². The molecule has 1 aliphatic heterocycles. The number of piperidine rings is 1. The van der Waals surface area contributed by atoms with Crippen molar-refractivity contribution in [1.29, 1.82) is 0 Å². The smallest absolute Gasteiger partial charge is 0.0638 e. The largest absolute Gasteiger partial charge is 0.329 e. The van der Waals surface area contributed by atoms with Gasteiger partial charge in [-0.15, -0.1) is 12.4 Å². The van der Waals surface area contributed by atoms with E-state index in [-0.39, 0.29) is 12.4 Å². The molecule has 1 aromatic rings. The third-order valence-electron chi connectivity index (χ3n) is 4.39. The lowest BCUT2D eigenvalue weighted by Crippen LogP contribution is -2.48. The predicted molar refractivity (Wildman–Crippen MR) is 86.2 cm³/mol. The molecule has 0 aliphatic carbocycles. The van der Waals surface area contributed by atoms with Gasteiger partial charge in [-0.25, -0.2) is 0 Å². The van der Waals surface area contributed by atoms with Crippen LogP contribution in [0.5, 0.6) is 0 Å². The molecule has 0 amide bonds. The Morgan fingerprint density at radius 1 is 1.45 bits per heavy atom. The molecule has 2 heterocycles. The molecular formula is C15H29ClN4. The maximum Gasteiger partial charge on any atom is 0.0638 e. The van der Waals surface area contributed by atoms with Crippen LogP contribution in [0.3, 0.4) is 0 Å². The normalized spacial score (nSPS) is 23.9. The van der Waals surface area contributed by atoms with Gasteiger partial charge in [-0.3, -0.25) is 9.58 Å². The quantitative estimate of drug-likeness (QED) is 0.930. The predicted octanol–water partition coefficient (Wildman–Crippen LogP) is 2.75. The average molecular weight is 301 g/mol. The van der Waals surface area contributed by atoms with Crippen molar-refractivity contribution in [3.8, 4) is 0 Å². The van der Waals surface area contributed by atoms with E-state index in [1.54, 1.807) is 0 Å². The van der Waals surface area contributed by atoms with Crippen LogP contribution in [0.1, 0.15) is 50.9 Å². The van der Waals surface area contributed by atoms with E-state index in [0.717, 1.165) is 18.8 Å². The Morgan fingerprint density at radius 3 is 2.70 bits per heavy atom. The molecule has 0 bridgehead atoms. The van der Waals surface area contributed by atoms with Crippen LogP contribution in [-0.2, 0) is 6.54 Å². The van der Waals surface area contributed by atoms with Crippen molar-refractivity contribution in [2.24, 2.45) is 11.7 Å². The maximum atomic E-state index is 5.97. The Bertz CT molecular complexity index is 416. The summed E-state index contributed by atoms with van der Waals surface area (Å²) in [7, 11) is 0. The van der Waals surface area contributed by atoms with E-state index < -0.39 is 0 Å². The molecule has 5 heteroatoms. The van der Waals surface area contributed by atoms with Gasteiger partial charge in [0.25, 0.3) is 0 Å². The highest BCUT2D eigenvalue weighted by molar-refractivity contribution is 5.85. The first kappa shape index (κ1) is 17.5. The first-order valence-corrected chi connectivity index (χ1v) is 7.51. The molecule has 2 atom stereocenters. The first-order valence-electron chi connectivity index (χ1n) is 7.51. The monoisotopic (exact) mass is 300 g/mol. The van der Waals surface area contributed by atoms with E-state index in [0.29, 0.717) is 18.0 Å². The van der Waals surface area contributed by atoms with Crippen LogP contribution in [-0.4, -0.2) is 33.8 Å². The van der Waals surface area contributed by atoms with Crippen LogP contribution >= 0.6 is 12.4 Å². The first-order chi connectivity index (χ1) is 9.02. The Labute approximate surface area is 129 Å². The van der Waals surface area contributed by atoms with E-state index >= 15 is 0 Å². The number of rotatable bonds is 4. The number of hydrogen-bond donors (Lipinski definition) is 1. The molecule has 116 valence electrons. The van der Waals surface area contributed by atoms with Gasteiger partial charge in [0.2, 0.25) is 0 Å². The van der Waals surface area contributed by atoms with E-state index in [1.807, 2.05) is 0 Å².